The van der Waals surface area contributed by atoms with Crippen molar-refractivity contribution >= 4 is 27.7 Å². The standard InChI is InChI=1S/C16H15BrFN/c1-12-10-14(17)15(18)11-16(12)19-9-5-8-13-6-3-2-4-7-13/h2-8,10-11,19H,9H2,1H3/b8-5+. The summed E-state index contributed by atoms with van der Waals surface area (Å²) in [5, 5.41) is 3.20. The summed E-state index contributed by atoms with van der Waals surface area (Å²) in [6.45, 7) is 2.62. The minimum Gasteiger partial charge on any atom is -0.381 e. The minimum absolute atomic E-state index is 0.250. The Morgan fingerprint density at radius 2 is 1.95 bits per heavy atom. The Morgan fingerprint density at radius 1 is 1.21 bits per heavy atom. The zero-order valence-corrected chi connectivity index (χ0v) is 12.2. The number of aryl methyl sites for hydroxylation is 1. The molecular formula is C16H15BrFN. The van der Waals surface area contributed by atoms with E-state index in [2.05, 4.69) is 21.2 Å². The predicted molar refractivity (Wildman–Crippen MR) is 82.8 cm³/mol. The van der Waals surface area contributed by atoms with Crippen molar-refractivity contribution in [3.63, 3.8) is 0 Å². The highest BCUT2D eigenvalue weighted by Gasteiger charge is 2.03. The highest BCUT2D eigenvalue weighted by atomic mass is 79.9. The van der Waals surface area contributed by atoms with Crippen LogP contribution in [0.1, 0.15) is 11.1 Å². The van der Waals surface area contributed by atoms with Crippen molar-refractivity contribution in [2.45, 2.75) is 6.92 Å². The van der Waals surface area contributed by atoms with E-state index in [0.29, 0.717) is 11.0 Å². The Hall–Kier alpha value is -1.61. The van der Waals surface area contributed by atoms with E-state index >= 15 is 0 Å². The molecular weight excluding hydrogens is 305 g/mol. The first kappa shape index (κ1) is 13.8. The summed E-state index contributed by atoms with van der Waals surface area (Å²) in [5.41, 5.74) is 2.99. The van der Waals surface area contributed by atoms with Gasteiger partial charge in [0.1, 0.15) is 5.82 Å². The molecule has 19 heavy (non-hydrogen) atoms. The summed E-state index contributed by atoms with van der Waals surface area (Å²) in [7, 11) is 0. The molecule has 0 aliphatic rings. The van der Waals surface area contributed by atoms with Crippen LogP contribution in [0.3, 0.4) is 0 Å². The summed E-state index contributed by atoms with van der Waals surface area (Å²) < 4.78 is 13.9. The van der Waals surface area contributed by atoms with Crippen molar-refractivity contribution in [2.24, 2.45) is 0 Å². The van der Waals surface area contributed by atoms with Crippen LogP contribution in [0.25, 0.3) is 6.08 Å². The summed E-state index contributed by atoms with van der Waals surface area (Å²) >= 11 is 3.18. The molecule has 2 aromatic rings. The molecule has 0 unspecified atom stereocenters. The smallest absolute Gasteiger partial charge is 0.139 e. The van der Waals surface area contributed by atoms with E-state index in [1.807, 2.05) is 49.4 Å². The third-order valence-electron chi connectivity index (χ3n) is 2.79. The number of rotatable bonds is 4. The molecule has 0 saturated heterocycles. The summed E-state index contributed by atoms with van der Waals surface area (Å²) in [4.78, 5) is 0. The third kappa shape index (κ3) is 3.93. The summed E-state index contributed by atoms with van der Waals surface area (Å²) in [6.07, 6.45) is 4.06. The molecule has 0 bridgehead atoms. The van der Waals surface area contributed by atoms with Crippen molar-refractivity contribution in [3.8, 4) is 0 Å². The molecule has 0 heterocycles. The van der Waals surface area contributed by atoms with Crippen LogP contribution >= 0.6 is 15.9 Å². The van der Waals surface area contributed by atoms with Crippen molar-refractivity contribution in [2.75, 3.05) is 11.9 Å². The van der Waals surface area contributed by atoms with Crippen LogP contribution in [0, 0.1) is 12.7 Å². The maximum absolute atomic E-state index is 13.4. The van der Waals surface area contributed by atoms with Crippen molar-refractivity contribution in [3.05, 3.63) is 70.0 Å². The fourth-order valence-corrected chi connectivity index (χ4v) is 2.22. The maximum atomic E-state index is 13.4. The fraction of sp³-hybridized carbons (Fsp3) is 0.125. The van der Waals surface area contributed by atoms with Crippen LogP contribution in [-0.4, -0.2) is 6.54 Å². The Kier molecular flexibility index (Phi) is 4.74. The number of anilines is 1. The van der Waals surface area contributed by atoms with Gasteiger partial charge in [0.2, 0.25) is 0 Å². The highest BCUT2D eigenvalue weighted by Crippen LogP contribution is 2.23. The molecule has 2 rings (SSSR count). The normalized spacial score (nSPS) is 10.9. The average molecular weight is 320 g/mol. The van der Waals surface area contributed by atoms with Gasteiger partial charge in [0.05, 0.1) is 4.47 Å². The molecule has 0 atom stereocenters. The van der Waals surface area contributed by atoms with Gasteiger partial charge in [-0.3, -0.25) is 0 Å². The average Bonchev–Trinajstić information content (AvgIpc) is 2.41. The second-order valence-corrected chi connectivity index (χ2v) is 5.13. The first-order chi connectivity index (χ1) is 9.16. The Labute approximate surface area is 121 Å². The van der Waals surface area contributed by atoms with Crippen molar-refractivity contribution < 1.29 is 4.39 Å². The van der Waals surface area contributed by atoms with Gasteiger partial charge < -0.3 is 5.32 Å². The van der Waals surface area contributed by atoms with Gasteiger partial charge in [-0.25, -0.2) is 4.39 Å². The van der Waals surface area contributed by atoms with E-state index in [1.54, 1.807) is 6.07 Å². The second kappa shape index (κ2) is 6.53. The monoisotopic (exact) mass is 319 g/mol. The van der Waals surface area contributed by atoms with Gasteiger partial charge in [0.25, 0.3) is 0 Å². The third-order valence-corrected chi connectivity index (χ3v) is 3.40. The van der Waals surface area contributed by atoms with E-state index in [9.17, 15) is 4.39 Å². The van der Waals surface area contributed by atoms with Crippen LogP contribution in [0.4, 0.5) is 10.1 Å². The SMILES string of the molecule is Cc1cc(Br)c(F)cc1NC/C=C/c1ccccc1. The van der Waals surface area contributed by atoms with Crippen molar-refractivity contribution in [1.82, 2.24) is 0 Å². The first-order valence-corrected chi connectivity index (χ1v) is 6.87. The van der Waals surface area contributed by atoms with Crippen LogP contribution < -0.4 is 5.32 Å². The van der Waals surface area contributed by atoms with E-state index in [-0.39, 0.29) is 5.82 Å². The molecule has 1 nitrogen and oxygen atoms in total. The van der Waals surface area contributed by atoms with E-state index < -0.39 is 0 Å². The molecule has 0 radical (unpaired) electrons. The van der Waals surface area contributed by atoms with Crippen LogP contribution in [0.2, 0.25) is 0 Å². The lowest BCUT2D eigenvalue weighted by atomic mass is 10.2. The van der Waals surface area contributed by atoms with Gasteiger partial charge >= 0.3 is 0 Å². The molecule has 3 heteroatoms. The Balaban J connectivity index is 1.96. The zero-order chi connectivity index (χ0) is 13.7. The topological polar surface area (TPSA) is 12.0 Å². The molecule has 0 aliphatic heterocycles. The lowest BCUT2D eigenvalue weighted by Crippen LogP contribution is -2.01. The molecule has 0 aromatic heterocycles. The number of benzene rings is 2. The summed E-state index contributed by atoms with van der Waals surface area (Å²) in [6, 6.07) is 13.4. The molecule has 2 aromatic carbocycles. The highest BCUT2D eigenvalue weighted by molar-refractivity contribution is 9.10. The quantitative estimate of drug-likeness (QED) is 0.834. The van der Waals surface area contributed by atoms with E-state index in [1.165, 1.54) is 6.07 Å². The Bertz CT molecular complexity index is 579. The molecule has 0 spiro atoms. The first-order valence-electron chi connectivity index (χ1n) is 6.08. The molecule has 0 aliphatic carbocycles. The fourth-order valence-electron chi connectivity index (χ4n) is 1.76. The molecule has 0 fully saturated rings. The molecule has 1 N–H and O–H groups in total. The van der Waals surface area contributed by atoms with Crippen LogP contribution in [0.5, 0.6) is 0 Å². The maximum Gasteiger partial charge on any atom is 0.139 e. The van der Waals surface area contributed by atoms with Crippen LogP contribution in [0.15, 0.2) is 53.0 Å². The van der Waals surface area contributed by atoms with E-state index in [4.69, 9.17) is 0 Å². The van der Waals surface area contributed by atoms with Crippen LogP contribution in [-0.2, 0) is 0 Å². The molecule has 0 saturated carbocycles. The minimum atomic E-state index is -0.250. The largest absolute Gasteiger partial charge is 0.381 e. The Morgan fingerprint density at radius 3 is 2.68 bits per heavy atom. The molecule has 0 amide bonds. The molecule has 98 valence electrons. The van der Waals surface area contributed by atoms with Gasteiger partial charge in [-0.1, -0.05) is 42.5 Å². The number of halogens is 2. The number of hydrogen-bond donors (Lipinski definition) is 1. The van der Waals surface area contributed by atoms with E-state index in [0.717, 1.165) is 16.8 Å². The van der Waals surface area contributed by atoms with Gasteiger partial charge in [0.15, 0.2) is 0 Å². The summed E-state index contributed by atoms with van der Waals surface area (Å²) in [5.74, 6) is -0.250. The van der Waals surface area contributed by atoms with Gasteiger partial charge in [-0.05, 0) is 46.1 Å². The number of hydrogen-bond acceptors (Lipinski definition) is 1. The lowest BCUT2D eigenvalue weighted by Gasteiger charge is -2.08. The number of nitrogens with one attached hydrogen (secondary N) is 1. The zero-order valence-electron chi connectivity index (χ0n) is 10.7. The second-order valence-electron chi connectivity index (χ2n) is 4.28. The van der Waals surface area contributed by atoms with Gasteiger partial charge in [-0.15, -0.1) is 0 Å². The van der Waals surface area contributed by atoms with Crippen molar-refractivity contribution in [1.29, 1.82) is 0 Å². The lowest BCUT2D eigenvalue weighted by molar-refractivity contribution is 0.621. The van der Waals surface area contributed by atoms with Gasteiger partial charge in [0, 0.05) is 12.2 Å². The predicted octanol–water partition coefficient (Wildman–Crippen LogP) is 5.02. The van der Waals surface area contributed by atoms with Gasteiger partial charge in [-0.2, -0.15) is 0 Å².